The van der Waals surface area contributed by atoms with Crippen LogP contribution in [0.1, 0.15) is 41.5 Å². The van der Waals surface area contributed by atoms with E-state index in [1.807, 2.05) is 40.7 Å². The van der Waals surface area contributed by atoms with E-state index in [1.54, 1.807) is 44.4 Å². The van der Waals surface area contributed by atoms with Gasteiger partial charge in [-0.05, 0) is 71.9 Å². The van der Waals surface area contributed by atoms with Crippen LogP contribution in [0.25, 0.3) is 0 Å². The molecular formula is C24H35BrO7. The monoisotopic (exact) mass is 514 g/mol. The standard InChI is InChI=1S/C24H35BrO7/c1-16(25)22(2,3)32-20(21(26)28-8)24(6,14-13-19-15-29-23(4,5)30-19)31-18-11-9-17(27-7)10-12-18/h9-14,16,19-20H,15H2,1-8H3/t16?,19-,20+,24+/m0/s1. The van der Waals surface area contributed by atoms with Crippen LogP contribution in [0.3, 0.4) is 0 Å². The summed E-state index contributed by atoms with van der Waals surface area (Å²) in [4.78, 5) is 12.9. The molecule has 1 aliphatic heterocycles. The smallest absolute Gasteiger partial charge is 0.339 e. The number of alkyl halides is 1. The molecule has 0 saturated carbocycles. The molecule has 0 spiro atoms. The van der Waals surface area contributed by atoms with Crippen molar-refractivity contribution in [1.82, 2.24) is 0 Å². The Morgan fingerprint density at radius 2 is 1.78 bits per heavy atom. The molecule has 1 aromatic carbocycles. The van der Waals surface area contributed by atoms with Crippen LogP contribution in [0, 0.1) is 0 Å². The molecule has 2 rings (SSSR count). The maximum Gasteiger partial charge on any atom is 0.339 e. The van der Waals surface area contributed by atoms with Crippen molar-refractivity contribution in [1.29, 1.82) is 0 Å². The number of hydrogen-bond acceptors (Lipinski definition) is 7. The number of methoxy groups -OCH3 is 2. The first kappa shape index (κ1) is 26.6. The van der Waals surface area contributed by atoms with E-state index in [-0.39, 0.29) is 10.9 Å². The molecule has 0 aromatic heterocycles. The summed E-state index contributed by atoms with van der Waals surface area (Å²) in [7, 11) is 2.93. The van der Waals surface area contributed by atoms with E-state index in [0.29, 0.717) is 18.1 Å². The van der Waals surface area contributed by atoms with Crippen LogP contribution < -0.4 is 9.47 Å². The van der Waals surface area contributed by atoms with Crippen LogP contribution in [0.5, 0.6) is 11.5 Å². The van der Waals surface area contributed by atoms with E-state index >= 15 is 0 Å². The number of ether oxygens (including phenoxy) is 6. The minimum Gasteiger partial charge on any atom is -0.497 e. The average Bonchev–Trinajstić information content (AvgIpc) is 3.09. The zero-order valence-corrected chi connectivity index (χ0v) is 21.7. The van der Waals surface area contributed by atoms with Gasteiger partial charge in [-0.2, -0.15) is 0 Å². The van der Waals surface area contributed by atoms with Crippen molar-refractivity contribution in [2.75, 3.05) is 20.8 Å². The molecule has 0 aliphatic carbocycles. The Kier molecular flexibility index (Phi) is 8.78. The third kappa shape index (κ3) is 6.94. The largest absolute Gasteiger partial charge is 0.497 e. The summed E-state index contributed by atoms with van der Waals surface area (Å²) in [6.07, 6.45) is 2.27. The molecule has 1 unspecified atom stereocenters. The van der Waals surface area contributed by atoms with Gasteiger partial charge in [0.25, 0.3) is 0 Å². The summed E-state index contributed by atoms with van der Waals surface area (Å²) in [6.45, 7) is 11.6. The lowest BCUT2D eigenvalue weighted by atomic mass is 9.95. The topological polar surface area (TPSA) is 72.5 Å². The molecule has 1 aromatic rings. The molecule has 7 nitrogen and oxygen atoms in total. The van der Waals surface area contributed by atoms with Gasteiger partial charge in [-0.25, -0.2) is 4.79 Å². The Morgan fingerprint density at radius 3 is 2.25 bits per heavy atom. The lowest BCUT2D eigenvalue weighted by Gasteiger charge is -2.39. The van der Waals surface area contributed by atoms with E-state index in [0.717, 1.165) is 0 Å². The number of hydrogen-bond donors (Lipinski definition) is 0. The minimum absolute atomic E-state index is 0.0382. The van der Waals surface area contributed by atoms with Crippen molar-refractivity contribution < 1.29 is 33.2 Å². The van der Waals surface area contributed by atoms with Gasteiger partial charge in [0.05, 0.1) is 26.4 Å². The van der Waals surface area contributed by atoms with E-state index in [1.165, 1.54) is 7.11 Å². The predicted octanol–water partition coefficient (Wildman–Crippen LogP) is 4.66. The second kappa shape index (κ2) is 10.5. The van der Waals surface area contributed by atoms with E-state index < -0.39 is 29.1 Å². The second-order valence-electron chi connectivity index (χ2n) is 8.93. The van der Waals surface area contributed by atoms with Crippen molar-refractivity contribution in [3.8, 4) is 11.5 Å². The summed E-state index contributed by atoms with van der Waals surface area (Å²) < 4.78 is 34.5. The van der Waals surface area contributed by atoms with Crippen LogP contribution in [0.15, 0.2) is 36.4 Å². The molecule has 0 amide bonds. The van der Waals surface area contributed by atoms with Gasteiger partial charge in [0.1, 0.15) is 17.6 Å². The van der Waals surface area contributed by atoms with Gasteiger partial charge in [-0.15, -0.1) is 0 Å². The highest BCUT2D eigenvalue weighted by molar-refractivity contribution is 9.09. The predicted molar refractivity (Wildman–Crippen MR) is 125 cm³/mol. The third-order valence-corrected chi connectivity index (χ3v) is 6.49. The molecular weight excluding hydrogens is 480 g/mol. The lowest BCUT2D eigenvalue weighted by molar-refractivity contribution is -0.182. The van der Waals surface area contributed by atoms with Gasteiger partial charge in [0.15, 0.2) is 17.5 Å². The van der Waals surface area contributed by atoms with Crippen LogP contribution >= 0.6 is 15.9 Å². The quantitative estimate of drug-likeness (QED) is 0.255. The Bertz CT molecular complexity index is 788. The fourth-order valence-electron chi connectivity index (χ4n) is 3.08. The maximum absolute atomic E-state index is 12.9. The van der Waals surface area contributed by atoms with Crippen molar-refractivity contribution in [2.24, 2.45) is 0 Å². The second-order valence-corrected chi connectivity index (χ2v) is 10.3. The zero-order chi connectivity index (χ0) is 24.2. The summed E-state index contributed by atoms with van der Waals surface area (Å²) in [5, 5.41) is 0. The highest BCUT2D eigenvalue weighted by atomic mass is 79.9. The summed E-state index contributed by atoms with van der Waals surface area (Å²) in [5.41, 5.74) is -1.90. The van der Waals surface area contributed by atoms with Crippen molar-refractivity contribution in [3.05, 3.63) is 36.4 Å². The summed E-state index contributed by atoms with van der Waals surface area (Å²) >= 11 is 3.56. The van der Waals surface area contributed by atoms with Gasteiger partial charge in [-0.1, -0.05) is 22.0 Å². The minimum atomic E-state index is -1.21. The molecule has 1 heterocycles. The lowest BCUT2D eigenvalue weighted by Crippen LogP contribution is -2.54. The number of halogens is 1. The number of rotatable bonds is 10. The van der Waals surface area contributed by atoms with E-state index in [9.17, 15) is 4.79 Å². The molecule has 8 heteroatoms. The molecule has 1 saturated heterocycles. The average molecular weight is 515 g/mol. The number of benzene rings is 1. The highest BCUT2D eigenvalue weighted by Crippen LogP contribution is 2.33. The van der Waals surface area contributed by atoms with Gasteiger partial charge in [0, 0.05) is 4.83 Å². The number of carbonyl (C=O) groups excluding carboxylic acids is 1. The molecule has 180 valence electrons. The van der Waals surface area contributed by atoms with Crippen molar-refractivity contribution in [3.63, 3.8) is 0 Å². The van der Waals surface area contributed by atoms with Crippen molar-refractivity contribution >= 4 is 21.9 Å². The normalized spacial score (nSPS) is 22.2. The summed E-state index contributed by atoms with van der Waals surface area (Å²) in [6, 6.07) is 7.12. The van der Waals surface area contributed by atoms with Gasteiger partial charge >= 0.3 is 5.97 Å². The SMILES string of the molecule is COC(=O)[C@@H](OC(C)(C)C(C)Br)[C@@](C)(C=C[C@H]1COC(C)(C)O1)Oc1ccc(OC)cc1. The Morgan fingerprint density at radius 1 is 1.19 bits per heavy atom. The fourth-order valence-corrected chi connectivity index (χ4v) is 3.19. The first-order chi connectivity index (χ1) is 14.8. The first-order valence-electron chi connectivity index (χ1n) is 10.6. The Balaban J connectivity index is 2.43. The first-order valence-corrected chi connectivity index (χ1v) is 11.5. The van der Waals surface area contributed by atoms with Gasteiger partial charge in [-0.3, -0.25) is 0 Å². The maximum atomic E-state index is 12.9. The zero-order valence-electron chi connectivity index (χ0n) is 20.1. The van der Waals surface area contributed by atoms with E-state index in [4.69, 9.17) is 28.4 Å². The van der Waals surface area contributed by atoms with Gasteiger partial charge < -0.3 is 28.4 Å². The molecule has 0 bridgehead atoms. The van der Waals surface area contributed by atoms with Crippen molar-refractivity contribution in [2.45, 2.75) is 75.6 Å². The molecule has 0 N–H and O–H groups in total. The third-order valence-electron chi connectivity index (χ3n) is 5.38. The van der Waals surface area contributed by atoms with Gasteiger partial charge in [0.2, 0.25) is 0 Å². The Hall–Kier alpha value is -1.61. The summed E-state index contributed by atoms with van der Waals surface area (Å²) in [5.74, 6) is 0.0247. The van der Waals surface area contributed by atoms with Crippen LogP contribution in [0.4, 0.5) is 0 Å². The number of esters is 1. The Labute approximate surface area is 199 Å². The highest BCUT2D eigenvalue weighted by Gasteiger charge is 2.46. The van der Waals surface area contributed by atoms with Crippen LogP contribution in [-0.2, 0) is 23.7 Å². The molecule has 1 fully saturated rings. The molecule has 4 atom stereocenters. The van der Waals surface area contributed by atoms with Crippen LogP contribution in [-0.4, -0.2) is 60.8 Å². The molecule has 32 heavy (non-hydrogen) atoms. The fraction of sp³-hybridized carbons (Fsp3) is 0.625. The molecule has 1 aliphatic rings. The van der Waals surface area contributed by atoms with E-state index in [2.05, 4.69) is 15.9 Å². The molecule has 0 radical (unpaired) electrons. The number of carbonyl (C=O) groups is 1. The van der Waals surface area contributed by atoms with Crippen LogP contribution in [0.2, 0.25) is 0 Å².